The maximum Gasteiger partial charge on any atom is 0.276 e. The summed E-state index contributed by atoms with van der Waals surface area (Å²) in [6.45, 7) is 2.09. The molecule has 0 N–H and O–H groups in total. The van der Waals surface area contributed by atoms with Crippen molar-refractivity contribution >= 4 is 22.7 Å². The van der Waals surface area contributed by atoms with Gasteiger partial charge >= 0.3 is 0 Å². The van der Waals surface area contributed by atoms with Crippen LogP contribution in [0.1, 0.15) is 13.3 Å². The smallest absolute Gasteiger partial charge is 0.269 e. The van der Waals surface area contributed by atoms with E-state index in [1.54, 1.807) is 0 Å². The fourth-order valence-electron chi connectivity index (χ4n) is 0.248. The van der Waals surface area contributed by atoms with E-state index in [9.17, 15) is 8.42 Å². The Kier molecular flexibility index (Phi) is 4.26. The molecule has 0 aromatic rings. The second kappa shape index (κ2) is 4.14. The lowest BCUT2D eigenvalue weighted by molar-refractivity contribution is 0.321. The quantitative estimate of drug-likeness (QED) is 0.497. The van der Waals surface area contributed by atoms with Crippen LogP contribution in [0.3, 0.4) is 0 Å². The minimum atomic E-state index is -3.32. The highest BCUT2D eigenvalue weighted by Gasteiger charge is 2.04. The molecule has 0 radical (unpaired) electrons. The minimum Gasteiger partial charge on any atom is -0.269 e. The van der Waals surface area contributed by atoms with Gasteiger partial charge < -0.3 is 0 Å². The van der Waals surface area contributed by atoms with Crippen LogP contribution in [-0.2, 0) is 14.3 Å². The van der Waals surface area contributed by atoms with Crippen molar-refractivity contribution in [1.29, 1.82) is 0 Å². The molecule has 0 amide bonds. The summed E-state index contributed by atoms with van der Waals surface area (Å²) in [4.78, 5) is 0. The summed E-state index contributed by atoms with van der Waals surface area (Å²) in [5, 5.41) is -0.243. The molecule has 0 aromatic heterocycles. The van der Waals surface area contributed by atoms with Gasteiger partial charge in [0.25, 0.3) is 10.1 Å². The minimum absolute atomic E-state index is 0.243. The molecule has 56 valence electrons. The number of thiol groups is 1. The molecule has 0 bridgehead atoms. The van der Waals surface area contributed by atoms with E-state index in [4.69, 9.17) is 0 Å². The van der Waals surface area contributed by atoms with Crippen molar-refractivity contribution in [1.82, 2.24) is 0 Å². The number of hydrogen-bond acceptors (Lipinski definition) is 4. The molecule has 3 nitrogen and oxygen atoms in total. The normalized spacial score (nSPS) is 11.8. The molecule has 0 rings (SSSR count). The van der Waals surface area contributed by atoms with Crippen LogP contribution in [0.25, 0.3) is 0 Å². The van der Waals surface area contributed by atoms with Crippen LogP contribution in [-0.4, -0.2) is 20.1 Å². The van der Waals surface area contributed by atoms with E-state index in [2.05, 4.69) is 16.8 Å². The second-order valence-corrected chi connectivity index (χ2v) is 3.89. The largest absolute Gasteiger partial charge is 0.276 e. The topological polar surface area (TPSA) is 43.4 Å². The summed E-state index contributed by atoms with van der Waals surface area (Å²) < 4.78 is 25.3. The van der Waals surface area contributed by atoms with Crippen LogP contribution in [0.4, 0.5) is 0 Å². The van der Waals surface area contributed by atoms with E-state index in [1.807, 2.05) is 6.92 Å². The van der Waals surface area contributed by atoms with Crippen LogP contribution >= 0.6 is 12.6 Å². The van der Waals surface area contributed by atoms with Crippen molar-refractivity contribution in [2.24, 2.45) is 0 Å². The third-order valence-corrected chi connectivity index (χ3v) is 2.42. The molecule has 0 saturated heterocycles. The molecular formula is C4H10O3S2. The summed E-state index contributed by atoms with van der Waals surface area (Å²) in [6.07, 6.45) is 0.701. The molecule has 0 spiro atoms. The Hall–Kier alpha value is 0.260. The lowest BCUT2D eigenvalue weighted by Crippen LogP contribution is -2.06. The van der Waals surface area contributed by atoms with E-state index in [0.717, 1.165) is 0 Å². The standard InChI is InChI=1S/C4H10O3S2/c1-2-3-7-9(5,6)4-8/h8H,2-4H2,1H3. The monoisotopic (exact) mass is 170 g/mol. The fraction of sp³-hybridized carbons (Fsp3) is 1.00. The van der Waals surface area contributed by atoms with Crippen LogP contribution in [0.2, 0.25) is 0 Å². The second-order valence-electron chi connectivity index (χ2n) is 1.51. The molecular weight excluding hydrogens is 160 g/mol. The summed E-state index contributed by atoms with van der Waals surface area (Å²) in [5.74, 6) is 0. The average Bonchev–Trinajstić information content (AvgIpc) is 1.84. The van der Waals surface area contributed by atoms with Gasteiger partial charge in [-0.05, 0) is 6.42 Å². The predicted octanol–water partition coefficient (Wildman–Crippen LogP) is 0.630. The van der Waals surface area contributed by atoms with E-state index >= 15 is 0 Å². The van der Waals surface area contributed by atoms with Gasteiger partial charge in [0.15, 0.2) is 0 Å². The molecule has 5 heteroatoms. The zero-order chi connectivity index (χ0) is 7.33. The van der Waals surface area contributed by atoms with Crippen LogP contribution in [0, 0.1) is 0 Å². The van der Waals surface area contributed by atoms with E-state index in [-0.39, 0.29) is 11.7 Å². The van der Waals surface area contributed by atoms with Crippen molar-refractivity contribution in [3.05, 3.63) is 0 Å². The molecule has 0 unspecified atom stereocenters. The first-order valence-corrected chi connectivity index (χ1v) is 4.81. The molecule has 0 aliphatic carbocycles. The lowest BCUT2D eigenvalue weighted by Gasteiger charge is -1.97. The first-order chi connectivity index (χ1) is 4.12. The summed E-state index contributed by atoms with van der Waals surface area (Å²) >= 11 is 3.56. The summed E-state index contributed by atoms with van der Waals surface area (Å²) in [7, 11) is -3.32. The third kappa shape index (κ3) is 4.74. The predicted molar refractivity (Wildman–Crippen MR) is 39.0 cm³/mol. The highest BCUT2D eigenvalue weighted by molar-refractivity contribution is 8.01. The molecule has 0 aromatic carbocycles. The van der Waals surface area contributed by atoms with E-state index in [0.29, 0.717) is 6.42 Å². The zero-order valence-corrected chi connectivity index (χ0v) is 6.91. The molecule has 9 heavy (non-hydrogen) atoms. The number of hydrogen-bond donors (Lipinski definition) is 1. The van der Waals surface area contributed by atoms with Gasteiger partial charge in [0.2, 0.25) is 0 Å². The van der Waals surface area contributed by atoms with Crippen LogP contribution in [0.5, 0.6) is 0 Å². The van der Waals surface area contributed by atoms with Gasteiger partial charge in [-0.3, -0.25) is 4.18 Å². The molecule has 0 atom stereocenters. The summed E-state index contributed by atoms with van der Waals surface area (Å²) in [5.41, 5.74) is 0. The van der Waals surface area contributed by atoms with Gasteiger partial charge in [-0.15, -0.1) is 0 Å². The SMILES string of the molecule is CCCOS(=O)(=O)CS. The Morgan fingerprint density at radius 1 is 1.56 bits per heavy atom. The zero-order valence-electron chi connectivity index (χ0n) is 5.20. The van der Waals surface area contributed by atoms with Crippen molar-refractivity contribution in [2.45, 2.75) is 13.3 Å². The third-order valence-electron chi connectivity index (χ3n) is 0.625. The lowest BCUT2D eigenvalue weighted by atomic mass is 10.5. The van der Waals surface area contributed by atoms with Gasteiger partial charge in [0.05, 0.1) is 6.61 Å². The molecule has 0 aliphatic heterocycles. The Morgan fingerprint density at radius 3 is 2.44 bits per heavy atom. The van der Waals surface area contributed by atoms with Crippen LogP contribution < -0.4 is 0 Å². The van der Waals surface area contributed by atoms with Crippen molar-refractivity contribution in [2.75, 3.05) is 11.7 Å². The molecule has 0 heterocycles. The van der Waals surface area contributed by atoms with Gasteiger partial charge in [-0.2, -0.15) is 21.0 Å². The molecule has 0 aliphatic rings. The highest BCUT2D eigenvalue weighted by Crippen LogP contribution is 1.95. The van der Waals surface area contributed by atoms with Crippen LogP contribution in [0.15, 0.2) is 0 Å². The number of rotatable bonds is 4. The van der Waals surface area contributed by atoms with E-state index < -0.39 is 10.1 Å². The van der Waals surface area contributed by atoms with Gasteiger partial charge in [-0.1, -0.05) is 6.92 Å². The van der Waals surface area contributed by atoms with Gasteiger partial charge in [0.1, 0.15) is 5.08 Å². The average molecular weight is 170 g/mol. The Bertz CT molecular complexity index is 149. The fourth-order valence-corrected chi connectivity index (χ4v) is 0.966. The van der Waals surface area contributed by atoms with E-state index in [1.165, 1.54) is 0 Å². The Balaban J connectivity index is 3.61. The highest BCUT2D eigenvalue weighted by atomic mass is 32.3. The molecule has 0 fully saturated rings. The summed E-state index contributed by atoms with van der Waals surface area (Å²) in [6, 6.07) is 0. The first-order valence-electron chi connectivity index (χ1n) is 2.60. The maximum absolute atomic E-state index is 10.5. The molecule has 0 saturated carbocycles. The van der Waals surface area contributed by atoms with Crippen molar-refractivity contribution < 1.29 is 12.6 Å². The van der Waals surface area contributed by atoms with Gasteiger partial charge in [-0.25, -0.2) is 0 Å². The van der Waals surface area contributed by atoms with Gasteiger partial charge in [0, 0.05) is 0 Å². The Morgan fingerprint density at radius 2 is 2.11 bits per heavy atom. The first kappa shape index (κ1) is 9.26. The van der Waals surface area contributed by atoms with Crippen molar-refractivity contribution in [3.8, 4) is 0 Å². The van der Waals surface area contributed by atoms with Crippen molar-refractivity contribution in [3.63, 3.8) is 0 Å². The maximum atomic E-state index is 10.5. The Labute approximate surface area is 60.9 Å².